The number of carbonyl (C=O) groups excluding carboxylic acids is 1. The van der Waals surface area contributed by atoms with Crippen LogP contribution in [0.2, 0.25) is 0 Å². The van der Waals surface area contributed by atoms with Crippen molar-refractivity contribution in [2.24, 2.45) is 7.05 Å². The molecule has 8 nitrogen and oxygen atoms in total. The Morgan fingerprint density at radius 2 is 2.08 bits per heavy atom. The molecule has 0 spiro atoms. The SMILES string of the molecule is CN1C(=N)N[C@](C)(c2cc(-c3cc(N)cc(C#N)c3)nn2C)CC1=O. The molecule has 2 aromatic rings. The molecule has 0 aliphatic carbocycles. The molecule has 1 atom stereocenters. The number of nitrogens with one attached hydrogen (secondary N) is 2. The Bertz CT molecular complexity index is 904. The van der Waals surface area contributed by atoms with Crippen LogP contribution in [0.5, 0.6) is 0 Å². The van der Waals surface area contributed by atoms with E-state index in [-0.39, 0.29) is 18.3 Å². The van der Waals surface area contributed by atoms with Gasteiger partial charge in [0.15, 0.2) is 5.96 Å². The van der Waals surface area contributed by atoms with Crippen LogP contribution in [0.4, 0.5) is 5.69 Å². The number of hydrogen-bond acceptors (Lipinski definition) is 5. The first-order valence-electron chi connectivity index (χ1n) is 7.72. The van der Waals surface area contributed by atoms with E-state index < -0.39 is 5.54 Å². The van der Waals surface area contributed by atoms with E-state index in [0.717, 1.165) is 11.3 Å². The first-order chi connectivity index (χ1) is 11.7. The van der Waals surface area contributed by atoms with Crippen molar-refractivity contribution >= 4 is 17.6 Å². The highest BCUT2D eigenvalue weighted by Crippen LogP contribution is 2.32. The van der Waals surface area contributed by atoms with Gasteiger partial charge in [0.25, 0.3) is 0 Å². The van der Waals surface area contributed by atoms with Crippen LogP contribution in [0, 0.1) is 16.7 Å². The number of guanidine groups is 1. The summed E-state index contributed by atoms with van der Waals surface area (Å²) in [6.07, 6.45) is 0.214. The Morgan fingerprint density at radius 3 is 2.72 bits per heavy atom. The normalized spacial score (nSPS) is 20.3. The number of nitrogen functional groups attached to an aromatic ring is 1. The predicted octanol–water partition coefficient (Wildman–Crippen LogP) is 1.14. The summed E-state index contributed by atoms with van der Waals surface area (Å²) in [7, 11) is 3.36. The summed E-state index contributed by atoms with van der Waals surface area (Å²) >= 11 is 0. The number of nitrogens with two attached hydrogens (primary N) is 1. The molecule has 25 heavy (non-hydrogen) atoms. The van der Waals surface area contributed by atoms with Gasteiger partial charge >= 0.3 is 0 Å². The summed E-state index contributed by atoms with van der Waals surface area (Å²) in [5.41, 5.74) is 8.23. The number of carbonyl (C=O) groups is 1. The maximum Gasteiger partial charge on any atom is 0.231 e. The minimum atomic E-state index is -0.737. The predicted molar refractivity (Wildman–Crippen MR) is 93.4 cm³/mol. The van der Waals surface area contributed by atoms with Crippen molar-refractivity contribution < 1.29 is 4.79 Å². The molecule has 4 N–H and O–H groups in total. The second-order valence-electron chi connectivity index (χ2n) is 6.43. The topological polar surface area (TPSA) is 124 Å². The average Bonchev–Trinajstić information content (AvgIpc) is 2.94. The van der Waals surface area contributed by atoms with Gasteiger partial charge in [-0.25, -0.2) is 0 Å². The highest BCUT2D eigenvalue weighted by atomic mass is 16.2. The Kier molecular flexibility index (Phi) is 3.72. The molecule has 3 rings (SSSR count). The number of rotatable bonds is 2. The molecule has 1 fully saturated rings. The standard InChI is InChI=1S/C17H19N7O/c1-17(8-15(25)23(2)16(20)21-17)14-7-13(22-24(14)3)11-4-10(9-18)5-12(19)6-11/h4-7H,8,19H2,1-3H3,(H2,20,21)/t17-/m0/s1. The minimum Gasteiger partial charge on any atom is -0.399 e. The Balaban J connectivity index is 2.04. The van der Waals surface area contributed by atoms with E-state index in [1.165, 1.54) is 4.90 Å². The van der Waals surface area contributed by atoms with Crippen LogP contribution in [-0.4, -0.2) is 33.6 Å². The quantitative estimate of drug-likeness (QED) is 0.709. The van der Waals surface area contributed by atoms with Crippen LogP contribution in [-0.2, 0) is 17.4 Å². The van der Waals surface area contributed by atoms with Crippen LogP contribution in [0.25, 0.3) is 11.3 Å². The summed E-state index contributed by atoms with van der Waals surface area (Å²) in [5, 5.41) is 24.7. The molecule has 0 unspecified atom stereocenters. The lowest BCUT2D eigenvalue weighted by Gasteiger charge is -2.39. The first kappa shape index (κ1) is 16.5. The van der Waals surface area contributed by atoms with E-state index in [1.54, 1.807) is 37.0 Å². The number of aromatic nitrogens is 2. The fourth-order valence-electron chi connectivity index (χ4n) is 3.08. The third kappa shape index (κ3) is 2.80. The van der Waals surface area contributed by atoms with Gasteiger partial charge in [-0.1, -0.05) is 0 Å². The van der Waals surface area contributed by atoms with E-state index in [1.807, 2.05) is 13.0 Å². The third-order valence-corrected chi connectivity index (χ3v) is 4.43. The molecule has 1 aliphatic rings. The lowest BCUT2D eigenvalue weighted by molar-refractivity contribution is -0.129. The monoisotopic (exact) mass is 337 g/mol. The minimum absolute atomic E-state index is 0.0530. The Labute approximate surface area is 145 Å². The van der Waals surface area contributed by atoms with Gasteiger partial charge in [0, 0.05) is 25.3 Å². The van der Waals surface area contributed by atoms with Crippen LogP contribution in [0.3, 0.4) is 0 Å². The van der Waals surface area contributed by atoms with Crippen molar-refractivity contribution in [2.45, 2.75) is 18.9 Å². The van der Waals surface area contributed by atoms with Crippen molar-refractivity contribution in [1.29, 1.82) is 10.7 Å². The zero-order valence-corrected chi connectivity index (χ0v) is 14.3. The lowest BCUT2D eigenvalue weighted by Crippen LogP contribution is -2.58. The van der Waals surface area contributed by atoms with E-state index in [2.05, 4.69) is 16.5 Å². The smallest absolute Gasteiger partial charge is 0.231 e. The number of nitriles is 1. The van der Waals surface area contributed by atoms with Crippen molar-refractivity contribution in [1.82, 2.24) is 20.0 Å². The molecule has 0 bridgehead atoms. The second kappa shape index (κ2) is 5.63. The maximum absolute atomic E-state index is 12.2. The van der Waals surface area contributed by atoms with Crippen LogP contribution in [0.15, 0.2) is 24.3 Å². The molecule has 8 heteroatoms. The van der Waals surface area contributed by atoms with E-state index in [9.17, 15) is 4.79 Å². The van der Waals surface area contributed by atoms with Gasteiger partial charge in [-0.3, -0.25) is 19.8 Å². The number of amides is 1. The van der Waals surface area contributed by atoms with Gasteiger partial charge in [-0.15, -0.1) is 0 Å². The van der Waals surface area contributed by atoms with E-state index in [4.69, 9.17) is 16.4 Å². The van der Waals surface area contributed by atoms with Crippen molar-refractivity contribution in [3.8, 4) is 17.3 Å². The zero-order valence-electron chi connectivity index (χ0n) is 14.3. The second-order valence-corrected chi connectivity index (χ2v) is 6.43. The summed E-state index contributed by atoms with van der Waals surface area (Å²) in [5.74, 6) is -0.0815. The fourth-order valence-corrected chi connectivity index (χ4v) is 3.08. The molecule has 1 amide bonds. The number of benzene rings is 1. The largest absolute Gasteiger partial charge is 0.399 e. The molecule has 0 saturated carbocycles. The summed E-state index contributed by atoms with van der Waals surface area (Å²) < 4.78 is 1.68. The number of nitrogens with zero attached hydrogens (tertiary/aromatic N) is 4. The number of anilines is 1. The number of aryl methyl sites for hydroxylation is 1. The number of hydrogen-bond donors (Lipinski definition) is 3. The van der Waals surface area contributed by atoms with Crippen LogP contribution >= 0.6 is 0 Å². The van der Waals surface area contributed by atoms with Gasteiger partial charge in [-0.05, 0) is 31.2 Å². The molecule has 0 radical (unpaired) electrons. The molecule has 1 aliphatic heterocycles. The van der Waals surface area contributed by atoms with Crippen LogP contribution in [0.1, 0.15) is 24.6 Å². The molecule has 1 aromatic carbocycles. The van der Waals surface area contributed by atoms with Crippen LogP contribution < -0.4 is 11.1 Å². The first-order valence-corrected chi connectivity index (χ1v) is 7.72. The van der Waals surface area contributed by atoms with Gasteiger partial charge in [-0.2, -0.15) is 10.4 Å². The lowest BCUT2D eigenvalue weighted by atomic mass is 9.90. The van der Waals surface area contributed by atoms with Gasteiger partial charge in [0.2, 0.25) is 5.91 Å². The summed E-state index contributed by atoms with van der Waals surface area (Å²) in [4.78, 5) is 13.5. The van der Waals surface area contributed by atoms with Crippen molar-refractivity contribution in [2.75, 3.05) is 12.8 Å². The zero-order chi connectivity index (χ0) is 18.4. The molecule has 128 valence electrons. The van der Waals surface area contributed by atoms with Crippen molar-refractivity contribution in [3.63, 3.8) is 0 Å². The third-order valence-electron chi connectivity index (χ3n) is 4.43. The van der Waals surface area contributed by atoms with E-state index >= 15 is 0 Å². The fraction of sp³-hybridized carbons (Fsp3) is 0.294. The maximum atomic E-state index is 12.2. The average molecular weight is 337 g/mol. The summed E-state index contributed by atoms with van der Waals surface area (Å²) in [6, 6.07) is 9.02. The molecule has 2 heterocycles. The highest BCUT2D eigenvalue weighted by Gasteiger charge is 2.40. The molecule has 1 saturated heterocycles. The van der Waals surface area contributed by atoms with Gasteiger partial charge in [0.05, 0.1) is 35.0 Å². The molecule has 1 aromatic heterocycles. The Morgan fingerprint density at radius 1 is 1.36 bits per heavy atom. The van der Waals surface area contributed by atoms with Gasteiger partial charge < -0.3 is 11.1 Å². The van der Waals surface area contributed by atoms with Gasteiger partial charge in [0.1, 0.15) is 0 Å². The molecular formula is C17H19N7O. The molecular weight excluding hydrogens is 318 g/mol. The Hall–Kier alpha value is -3.34. The summed E-state index contributed by atoms with van der Waals surface area (Å²) in [6.45, 7) is 1.87. The van der Waals surface area contributed by atoms with E-state index in [0.29, 0.717) is 16.9 Å². The van der Waals surface area contributed by atoms with Crippen molar-refractivity contribution in [3.05, 3.63) is 35.5 Å². The highest BCUT2D eigenvalue weighted by molar-refractivity contribution is 5.98.